The van der Waals surface area contributed by atoms with Gasteiger partial charge in [-0.05, 0) is 37.1 Å². The van der Waals surface area contributed by atoms with Gasteiger partial charge in [0.25, 0.3) is 0 Å². The Hall–Kier alpha value is -1.64. The smallest absolute Gasteiger partial charge is 0.193 e. The molecule has 2 nitrogen and oxygen atoms in total. The van der Waals surface area contributed by atoms with Crippen molar-refractivity contribution in [2.75, 3.05) is 0 Å². The second-order valence-corrected chi connectivity index (χ2v) is 3.64. The fraction of sp³-hybridized carbons (Fsp3) is 0.250. The molecule has 0 N–H and O–H groups in total. The van der Waals surface area contributed by atoms with Crippen LogP contribution in [0.2, 0.25) is 0 Å². The molecule has 0 aliphatic rings. The lowest BCUT2D eigenvalue weighted by molar-refractivity contribution is 0.401. The quantitative estimate of drug-likeness (QED) is 0.718. The van der Waals surface area contributed by atoms with E-state index in [1.165, 1.54) is 6.07 Å². The summed E-state index contributed by atoms with van der Waals surface area (Å²) in [5.74, 6) is 0.0794. The van der Waals surface area contributed by atoms with Crippen molar-refractivity contribution in [1.82, 2.24) is 0 Å². The topological polar surface area (TPSA) is 30.2 Å². The summed E-state index contributed by atoms with van der Waals surface area (Å²) >= 11 is 0. The van der Waals surface area contributed by atoms with E-state index in [0.717, 1.165) is 11.1 Å². The molecule has 15 heavy (non-hydrogen) atoms. The van der Waals surface area contributed by atoms with E-state index in [0.29, 0.717) is 11.0 Å². The number of alkyl halides is 1. The first-order valence-electron chi connectivity index (χ1n) is 4.72. The van der Waals surface area contributed by atoms with Gasteiger partial charge in [-0.2, -0.15) is 0 Å². The number of hydrogen-bond donors (Lipinski definition) is 0. The summed E-state index contributed by atoms with van der Waals surface area (Å²) in [7, 11) is 0. The molecule has 3 heteroatoms. The lowest BCUT2D eigenvalue weighted by Crippen LogP contribution is -2.02. The van der Waals surface area contributed by atoms with Crippen molar-refractivity contribution < 1.29 is 8.81 Å². The molecule has 0 unspecified atom stereocenters. The predicted octanol–water partition coefficient (Wildman–Crippen LogP) is 2.88. The Bertz CT molecular complexity index is 570. The van der Waals surface area contributed by atoms with Gasteiger partial charge < -0.3 is 4.42 Å². The average Bonchev–Trinajstić information content (AvgIpc) is 2.21. The summed E-state index contributed by atoms with van der Waals surface area (Å²) in [6.45, 7) is 3.10. The number of aryl methyl sites for hydroxylation is 2. The summed E-state index contributed by atoms with van der Waals surface area (Å²) in [4.78, 5) is 11.6. The molecule has 0 aliphatic carbocycles. The van der Waals surface area contributed by atoms with Crippen molar-refractivity contribution in [3.05, 3.63) is 45.3 Å². The van der Waals surface area contributed by atoms with E-state index in [4.69, 9.17) is 4.42 Å². The van der Waals surface area contributed by atoms with Crippen LogP contribution in [0.5, 0.6) is 0 Å². The number of hydrogen-bond acceptors (Lipinski definition) is 2. The second-order valence-electron chi connectivity index (χ2n) is 3.64. The molecule has 78 valence electrons. The summed E-state index contributed by atoms with van der Waals surface area (Å²) in [5.41, 5.74) is 2.33. The molecule has 1 heterocycles. The number of fused-ring (bicyclic) bond motifs is 1. The molecule has 0 amide bonds. The van der Waals surface area contributed by atoms with Crippen LogP contribution in [0.4, 0.5) is 4.39 Å². The van der Waals surface area contributed by atoms with Gasteiger partial charge in [-0.15, -0.1) is 0 Å². The van der Waals surface area contributed by atoms with Crippen molar-refractivity contribution in [1.29, 1.82) is 0 Å². The highest BCUT2D eigenvalue weighted by Crippen LogP contribution is 2.18. The summed E-state index contributed by atoms with van der Waals surface area (Å²) in [5, 5.41) is 0.510. The van der Waals surface area contributed by atoms with Gasteiger partial charge >= 0.3 is 0 Å². The maximum Gasteiger partial charge on any atom is 0.193 e. The fourth-order valence-electron chi connectivity index (χ4n) is 1.53. The third-order valence-electron chi connectivity index (χ3n) is 2.53. The lowest BCUT2D eigenvalue weighted by Gasteiger charge is -2.03. The van der Waals surface area contributed by atoms with Crippen LogP contribution >= 0.6 is 0 Å². The summed E-state index contributed by atoms with van der Waals surface area (Å²) < 4.78 is 17.6. The molecule has 2 aromatic rings. The zero-order valence-electron chi connectivity index (χ0n) is 8.63. The third kappa shape index (κ3) is 1.65. The summed E-state index contributed by atoms with van der Waals surface area (Å²) in [6.07, 6.45) is 0. The van der Waals surface area contributed by atoms with Gasteiger partial charge in [0.05, 0.1) is 5.39 Å². The Balaban J connectivity index is 2.86. The Kier molecular flexibility index (Phi) is 2.31. The van der Waals surface area contributed by atoms with Crippen molar-refractivity contribution in [2.45, 2.75) is 20.5 Å². The molecule has 2 rings (SSSR count). The van der Waals surface area contributed by atoms with Crippen LogP contribution in [0.3, 0.4) is 0 Å². The van der Waals surface area contributed by atoms with Gasteiger partial charge in [-0.3, -0.25) is 4.79 Å². The SMILES string of the molecule is Cc1cc2oc(CF)cc(=O)c2cc1C. The van der Waals surface area contributed by atoms with Crippen LogP contribution in [0.15, 0.2) is 27.4 Å². The standard InChI is InChI=1S/C12H11FO2/c1-7-3-10-11(14)5-9(6-13)15-12(10)4-8(7)2/h3-5H,6H2,1-2H3. The van der Waals surface area contributed by atoms with E-state index in [1.54, 1.807) is 12.1 Å². The molecule has 0 atom stereocenters. The highest BCUT2D eigenvalue weighted by atomic mass is 19.1. The van der Waals surface area contributed by atoms with Gasteiger partial charge in [-0.25, -0.2) is 4.39 Å². The maximum atomic E-state index is 12.4. The second kappa shape index (κ2) is 3.50. The van der Waals surface area contributed by atoms with Crippen molar-refractivity contribution in [2.24, 2.45) is 0 Å². The monoisotopic (exact) mass is 206 g/mol. The Morgan fingerprint density at radius 3 is 2.53 bits per heavy atom. The molecule has 0 fully saturated rings. The minimum Gasteiger partial charge on any atom is -0.458 e. The largest absolute Gasteiger partial charge is 0.458 e. The Labute approximate surface area is 86.3 Å². The molecule has 0 saturated carbocycles. The predicted molar refractivity (Wildman–Crippen MR) is 56.8 cm³/mol. The fourth-order valence-corrected chi connectivity index (χ4v) is 1.53. The van der Waals surface area contributed by atoms with Crippen molar-refractivity contribution in [3.63, 3.8) is 0 Å². The number of halogens is 1. The maximum absolute atomic E-state index is 12.4. The van der Waals surface area contributed by atoms with E-state index in [2.05, 4.69) is 0 Å². The first-order chi connectivity index (χ1) is 7.11. The van der Waals surface area contributed by atoms with Crippen molar-refractivity contribution in [3.8, 4) is 0 Å². The molecule has 1 aromatic heterocycles. The molecule has 0 bridgehead atoms. The van der Waals surface area contributed by atoms with Gasteiger partial charge in [0.15, 0.2) is 5.43 Å². The van der Waals surface area contributed by atoms with E-state index in [9.17, 15) is 9.18 Å². The zero-order chi connectivity index (χ0) is 11.0. The molecule has 0 radical (unpaired) electrons. The number of benzene rings is 1. The van der Waals surface area contributed by atoms with Gasteiger partial charge in [0.1, 0.15) is 18.0 Å². The molecule has 0 aliphatic heterocycles. The molecular weight excluding hydrogens is 195 g/mol. The highest BCUT2D eigenvalue weighted by molar-refractivity contribution is 5.78. The first kappa shape index (κ1) is 9.90. The molecule has 0 saturated heterocycles. The van der Waals surface area contributed by atoms with Gasteiger partial charge in [-0.1, -0.05) is 0 Å². The summed E-state index contributed by atoms with van der Waals surface area (Å²) in [6, 6.07) is 4.75. The highest BCUT2D eigenvalue weighted by Gasteiger charge is 2.06. The van der Waals surface area contributed by atoms with Crippen LogP contribution in [0.1, 0.15) is 16.9 Å². The van der Waals surface area contributed by atoms with Gasteiger partial charge in [0, 0.05) is 6.07 Å². The normalized spacial score (nSPS) is 10.9. The minimum absolute atomic E-state index is 0.0794. The minimum atomic E-state index is -0.752. The van der Waals surface area contributed by atoms with Gasteiger partial charge in [0.2, 0.25) is 0 Å². The molecule has 0 spiro atoms. The Morgan fingerprint density at radius 2 is 1.87 bits per heavy atom. The lowest BCUT2D eigenvalue weighted by atomic mass is 10.1. The third-order valence-corrected chi connectivity index (χ3v) is 2.53. The molecular formula is C12H11FO2. The van der Waals surface area contributed by atoms with Crippen LogP contribution in [-0.2, 0) is 6.67 Å². The Morgan fingerprint density at radius 1 is 1.20 bits per heavy atom. The van der Waals surface area contributed by atoms with Crippen LogP contribution in [0.25, 0.3) is 11.0 Å². The number of rotatable bonds is 1. The first-order valence-corrected chi connectivity index (χ1v) is 4.72. The zero-order valence-corrected chi connectivity index (χ0v) is 8.63. The van der Waals surface area contributed by atoms with E-state index in [-0.39, 0.29) is 11.2 Å². The van der Waals surface area contributed by atoms with Crippen molar-refractivity contribution >= 4 is 11.0 Å². The van der Waals surface area contributed by atoms with E-state index < -0.39 is 6.67 Å². The van der Waals surface area contributed by atoms with Crippen LogP contribution < -0.4 is 5.43 Å². The van der Waals surface area contributed by atoms with E-state index in [1.807, 2.05) is 13.8 Å². The molecule has 1 aromatic carbocycles. The van der Waals surface area contributed by atoms with Crippen LogP contribution in [-0.4, -0.2) is 0 Å². The van der Waals surface area contributed by atoms with Crippen LogP contribution in [0, 0.1) is 13.8 Å². The average molecular weight is 206 g/mol. The van der Waals surface area contributed by atoms with E-state index >= 15 is 0 Å².